The molecular formula is C22H20ClN3O3S. The van der Waals surface area contributed by atoms with Crippen LogP contribution in [0.15, 0.2) is 54.6 Å². The third-order valence-electron chi connectivity index (χ3n) is 4.80. The number of hydrogen-bond donors (Lipinski definition) is 3. The molecule has 0 saturated heterocycles. The van der Waals surface area contributed by atoms with Gasteiger partial charge in [0.25, 0.3) is 11.8 Å². The van der Waals surface area contributed by atoms with Crippen molar-refractivity contribution >= 4 is 46.1 Å². The Bertz CT molecular complexity index is 1100. The maximum absolute atomic E-state index is 13.1. The summed E-state index contributed by atoms with van der Waals surface area (Å²) < 4.78 is 0.538. The van der Waals surface area contributed by atoms with E-state index in [0.717, 1.165) is 16.8 Å². The van der Waals surface area contributed by atoms with E-state index in [-0.39, 0.29) is 18.4 Å². The molecular weight excluding hydrogens is 422 g/mol. The van der Waals surface area contributed by atoms with Gasteiger partial charge >= 0.3 is 0 Å². The highest BCUT2D eigenvalue weighted by Gasteiger charge is 2.30. The summed E-state index contributed by atoms with van der Waals surface area (Å²) in [6.45, 7) is 1.46. The normalized spacial score (nSPS) is 12.7. The van der Waals surface area contributed by atoms with Crippen LogP contribution in [0, 0.1) is 0 Å². The molecule has 2 heterocycles. The highest BCUT2D eigenvalue weighted by molar-refractivity contribution is 7.18. The van der Waals surface area contributed by atoms with Crippen LogP contribution in [0.5, 0.6) is 0 Å². The monoisotopic (exact) mass is 441 g/mol. The Kier molecular flexibility index (Phi) is 6.03. The van der Waals surface area contributed by atoms with Gasteiger partial charge in [-0.3, -0.25) is 9.59 Å². The molecule has 154 valence electrons. The lowest BCUT2D eigenvalue weighted by molar-refractivity contribution is 0.0767. The molecule has 8 heteroatoms. The van der Waals surface area contributed by atoms with E-state index < -0.39 is 0 Å². The minimum absolute atomic E-state index is 0.0519. The molecule has 3 aromatic rings. The number of thiophene rings is 1. The molecule has 2 amide bonds. The highest BCUT2D eigenvalue weighted by Crippen LogP contribution is 2.31. The number of nitrogens with one attached hydrogen (secondary N) is 2. The van der Waals surface area contributed by atoms with Crippen molar-refractivity contribution in [2.45, 2.75) is 13.1 Å². The fraction of sp³-hybridized carbons (Fsp3) is 0.182. The predicted molar refractivity (Wildman–Crippen MR) is 119 cm³/mol. The third-order valence-corrected chi connectivity index (χ3v) is 6.03. The molecule has 0 fully saturated rings. The Balaban J connectivity index is 1.51. The Morgan fingerprint density at radius 1 is 1.17 bits per heavy atom. The second kappa shape index (κ2) is 8.87. The van der Waals surface area contributed by atoms with Gasteiger partial charge in [-0.05, 0) is 41.5 Å². The Hall–Kier alpha value is -2.87. The van der Waals surface area contributed by atoms with Crippen molar-refractivity contribution in [3.8, 4) is 0 Å². The molecule has 1 aliphatic rings. The highest BCUT2D eigenvalue weighted by atomic mass is 35.5. The number of hydrogen-bond acceptors (Lipinski definition) is 5. The SMILES string of the molecule is O=C(Nc1cccc2c1C(=O)N(Cc1cccc(NCCO)c1)C2)c1ccc(Cl)s1. The molecule has 1 aliphatic heterocycles. The number of halogens is 1. The summed E-state index contributed by atoms with van der Waals surface area (Å²) in [6, 6.07) is 16.6. The minimum atomic E-state index is -0.283. The Morgan fingerprint density at radius 2 is 2.00 bits per heavy atom. The zero-order valence-corrected chi connectivity index (χ0v) is 17.6. The standard InChI is InChI=1S/C22H20ClN3O3S/c23-19-8-7-18(30-19)21(28)25-17-6-2-4-15-13-26(22(29)20(15)17)12-14-3-1-5-16(11-14)24-9-10-27/h1-8,11,24,27H,9-10,12-13H2,(H,25,28). The number of benzene rings is 2. The van der Waals surface area contributed by atoms with Crippen molar-refractivity contribution in [1.29, 1.82) is 0 Å². The van der Waals surface area contributed by atoms with E-state index in [1.807, 2.05) is 36.4 Å². The zero-order chi connectivity index (χ0) is 21.1. The predicted octanol–water partition coefficient (Wildman–Crippen LogP) is 4.21. The van der Waals surface area contributed by atoms with Crippen LogP contribution in [0.25, 0.3) is 0 Å². The van der Waals surface area contributed by atoms with Crippen LogP contribution in [0.2, 0.25) is 4.34 Å². The van der Waals surface area contributed by atoms with Gasteiger partial charge in [-0.25, -0.2) is 0 Å². The summed E-state index contributed by atoms with van der Waals surface area (Å²) in [5.41, 5.74) is 3.80. The van der Waals surface area contributed by atoms with Crippen LogP contribution < -0.4 is 10.6 Å². The van der Waals surface area contributed by atoms with Crippen molar-refractivity contribution in [1.82, 2.24) is 4.90 Å². The van der Waals surface area contributed by atoms with Crippen LogP contribution in [0.4, 0.5) is 11.4 Å². The number of fused-ring (bicyclic) bond motifs is 1. The van der Waals surface area contributed by atoms with Gasteiger partial charge in [0.15, 0.2) is 0 Å². The van der Waals surface area contributed by atoms with Gasteiger partial charge in [-0.1, -0.05) is 35.9 Å². The second-order valence-corrected chi connectivity index (χ2v) is 8.62. The van der Waals surface area contributed by atoms with E-state index >= 15 is 0 Å². The molecule has 0 bridgehead atoms. The van der Waals surface area contributed by atoms with E-state index in [1.165, 1.54) is 11.3 Å². The van der Waals surface area contributed by atoms with Crippen LogP contribution in [-0.4, -0.2) is 35.0 Å². The number of carbonyl (C=O) groups is 2. The van der Waals surface area contributed by atoms with Crippen LogP contribution in [0.1, 0.15) is 31.2 Å². The second-order valence-electron chi connectivity index (χ2n) is 6.91. The molecule has 0 spiro atoms. The molecule has 4 rings (SSSR count). The van der Waals surface area contributed by atoms with Gasteiger partial charge in [-0.2, -0.15) is 0 Å². The maximum Gasteiger partial charge on any atom is 0.265 e. The van der Waals surface area contributed by atoms with Gasteiger partial charge in [0.05, 0.1) is 27.1 Å². The summed E-state index contributed by atoms with van der Waals surface area (Å²) in [7, 11) is 0. The molecule has 1 aromatic heterocycles. The lowest BCUT2D eigenvalue weighted by Crippen LogP contribution is -2.24. The fourth-order valence-corrected chi connectivity index (χ4v) is 4.41. The Morgan fingerprint density at radius 3 is 2.77 bits per heavy atom. The molecule has 0 radical (unpaired) electrons. The fourth-order valence-electron chi connectivity index (χ4n) is 3.47. The van der Waals surface area contributed by atoms with Gasteiger partial charge < -0.3 is 20.6 Å². The molecule has 30 heavy (non-hydrogen) atoms. The largest absolute Gasteiger partial charge is 0.395 e. The molecule has 0 saturated carbocycles. The first-order valence-corrected chi connectivity index (χ1v) is 10.7. The number of aliphatic hydroxyl groups is 1. The van der Waals surface area contributed by atoms with Gasteiger partial charge in [0.2, 0.25) is 0 Å². The van der Waals surface area contributed by atoms with Crippen LogP contribution in [0.3, 0.4) is 0 Å². The first-order valence-electron chi connectivity index (χ1n) is 9.46. The summed E-state index contributed by atoms with van der Waals surface area (Å²) >= 11 is 7.12. The van der Waals surface area contributed by atoms with Gasteiger partial charge in [0.1, 0.15) is 0 Å². The number of aliphatic hydroxyl groups excluding tert-OH is 1. The summed E-state index contributed by atoms with van der Waals surface area (Å²) in [5, 5.41) is 14.9. The first-order chi connectivity index (χ1) is 14.5. The average molecular weight is 442 g/mol. The van der Waals surface area contributed by atoms with Crippen LogP contribution in [-0.2, 0) is 13.1 Å². The molecule has 2 aromatic carbocycles. The van der Waals surface area contributed by atoms with Gasteiger partial charge in [-0.15, -0.1) is 11.3 Å². The van der Waals surface area contributed by atoms with E-state index in [4.69, 9.17) is 16.7 Å². The van der Waals surface area contributed by atoms with Crippen molar-refractivity contribution in [2.75, 3.05) is 23.8 Å². The number of amides is 2. The van der Waals surface area contributed by atoms with E-state index in [2.05, 4.69) is 10.6 Å². The number of anilines is 2. The lowest BCUT2D eigenvalue weighted by atomic mass is 10.1. The maximum atomic E-state index is 13.1. The first kappa shape index (κ1) is 20.4. The molecule has 0 unspecified atom stereocenters. The third kappa shape index (κ3) is 4.33. The Labute approximate surface area is 183 Å². The minimum Gasteiger partial charge on any atom is -0.395 e. The van der Waals surface area contributed by atoms with Crippen molar-refractivity contribution in [3.05, 3.63) is 80.5 Å². The molecule has 6 nitrogen and oxygen atoms in total. The van der Waals surface area contributed by atoms with E-state index in [9.17, 15) is 9.59 Å². The summed E-state index contributed by atoms with van der Waals surface area (Å²) in [5.74, 6) is -0.395. The number of rotatable bonds is 7. The number of carbonyl (C=O) groups excluding carboxylic acids is 2. The van der Waals surface area contributed by atoms with Crippen molar-refractivity contribution in [3.63, 3.8) is 0 Å². The molecule has 0 atom stereocenters. The molecule has 0 aliphatic carbocycles. The van der Waals surface area contributed by atoms with Crippen LogP contribution >= 0.6 is 22.9 Å². The average Bonchev–Trinajstić information content (AvgIpc) is 3.31. The van der Waals surface area contributed by atoms with Crippen molar-refractivity contribution < 1.29 is 14.7 Å². The van der Waals surface area contributed by atoms with E-state index in [1.54, 1.807) is 23.1 Å². The quantitative estimate of drug-likeness (QED) is 0.513. The van der Waals surface area contributed by atoms with Gasteiger partial charge in [0, 0.05) is 25.3 Å². The lowest BCUT2D eigenvalue weighted by Gasteiger charge is -2.17. The topological polar surface area (TPSA) is 81.7 Å². The van der Waals surface area contributed by atoms with E-state index in [0.29, 0.717) is 40.1 Å². The number of nitrogens with zero attached hydrogens (tertiary/aromatic N) is 1. The summed E-state index contributed by atoms with van der Waals surface area (Å²) in [6.07, 6.45) is 0. The van der Waals surface area contributed by atoms with Crippen molar-refractivity contribution in [2.24, 2.45) is 0 Å². The zero-order valence-electron chi connectivity index (χ0n) is 16.0. The summed E-state index contributed by atoms with van der Waals surface area (Å²) in [4.78, 5) is 27.9. The smallest absolute Gasteiger partial charge is 0.265 e. The molecule has 3 N–H and O–H groups in total.